The Balaban J connectivity index is 2.02. The fourth-order valence-corrected chi connectivity index (χ4v) is 2.42. The Bertz CT molecular complexity index is 467. The molecule has 2 amide bonds. The molecule has 20 heavy (non-hydrogen) atoms. The highest BCUT2D eigenvalue weighted by atomic mass is 35.5. The fraction of sp³-hybridized carbons (Fsp3) is 0.533. The van der Waals surface area contributed by atoms with Gasteiger partial charge in [0.1, 0.15) is 6.10 Å². The van der Waals surface area contributed by atoms with Crippen molar-refractivity contribution in [1.82, 2.24) is 10.2 Å². The molecule has 110 valence electrons. The Labute approximate surface area is 125 Å². The number of morpholine rings is 1. The van der Waals surface area contributed by atoms with E-state index < -0.39 is 0 Å². The van der Waals surface area contributed by atoms with Crippen LogP contribution in [0.15, 0.2) is 24.3 Å². The lowest BCUT2D eigenvalue weighted by molar-refractivity contribution is -0.0156. The van der Waals surface area contributed by atoms with Gasteiger partial charge in [-0.1, -0.05) is 36.7 Å². The molecule has 1 fully saturated rings. The summed E-state index contributed by atoms with van der Waals surface area (Å²) in [7, 11) is 0. The zero-order chi connectivity index (χ0) is 14.5. The van der Waals surface area contributed by atoms with Gasteiger partial charge >= 0.3 is 6.03 Å². The van der Waals surface area contributed by atoms with E-state index in [1.165, 1.54) is 0 Å². The molecular formula is C15H21ClN2O2. The van der Waals surface area contributed by atoms with E-state index in [1.54, 1.807) is 4.90 Å². The summed E-state index contributed by atoms with van der Waals surface area (Å²) in [5, 5.41) is 3.67. The summed E-state index contributed by atoms with van der Waals surface area (Å²) in [6.45, 7) is 5.74. The van der Waals surface area contributed by atoms with Gasteiger partial charge in [0.05, 0.1) is 13.2 Å². The predicted octanol–water partition coefficient (Wildman–Crippen LogP) is 3.22. The Kier molecular flexibility index (Phi) is 5.26. The van der Waals surface area contributed by atoms with Crippen LogP contribution >= 0.6 is 11.6 Å². The maximum absolute atomic E-state index is 12.2. The lowest BCUT2D eigenvalue weighted by Gasteiger charge is -2.34. The number of hydrogen-bond donors (Lipinski definition) is 1. The van der Waals surface area contributed by atoms with Gasteiger partial charge in [0, 0.05) is 23.2 Å². The topological polar surface area (TPSA) is 41.6 Å². The minimum atomic E-state index is -0.153. The van der Waals surface area contributed by atoms with Crippen LogP contribution in [-0.2, 0) is 4.74 Å². The first-order chi connectivity index (χ1) is 9.61. The Hall–Kier alpha value is -1.26. The molecule has 1 heterocycles. The molecule has 0 spiro atoms. The number of carbonyl (C=O) groups is 1. The van der Waals surface area contributed by atoms with E-state index in [-0.39, 0.29) is 18.2 Å². The van der Waals surface area contributed by atoms with Crippen LogP contribution in [0.1, 0.15) is 31.9 Å². The van der Waals surface area contributed by atoms with E-state index in [1.807, 2.05) is 31.2 Å². The van der Waals surface area contributed by atoms with Crippen molar-refractivity contribution in [3.63, 3.8) is 0 Å². The molecule has 5 heteroatoms. The standard InChI is InChI=1S/C15H21ClN2O2/c1-3-11(2)17-15(19)18-8-9-20-14(10-18)12-6-4-5-7-13(12)16/h4-7,11,14H,3,8-10H2,1-2H3,(H,17,19). The van der Waals surface area contributed by atoms with Crippen molar-refractivity contribution in [1.29, 1.82) is 0 Å². The van der Waals surface area contributed by atoms with Gasteiger partial charge < -0.3 is 15.0 Å². The van der Waals surface area contributed by atoms with Gasteiger partial charge in [0.2, 0.25) is 0 Å². The summed E-state index contributed by atoms with van der Waals surface area (Å²) in [6, 6.07) is 7.77. The van der Waals surface area contributed by atoms with Crippen molar-refractivity contribution in [2.24, 2.45) is 0 Å². The number of nitrogens with one attached hydrogen (secondary N) is 1. The third-order valence-corrected chi connectivity index (χ3v) is 3.93. The number of nitrogens with zero attached hydrogens (tertiary/aromatic N) is 1. The van der Waals surface area contributed by atoms with Gasteiger partial charge in [-0.2, -0.15) is 0 Å². The molecule has 1 aliphatic rings. The molecule has 0 aromatic heterocycles. The number of halogens is 1. The molecule has 1 saturated heterocycles. The minimum absolute atomic E-state index is 0.0281. The molecule has 1 aromatic rings. The molecule has 4 nitrogen and oxygen atoms in total. The summed E-state index contributed by atoms with van der Waals surface area (Å²) >= 11 is 6.19. The zero-order valence-corrected chi connectivity index (χ0v) is 12.7. The number of amides is 2. The zero-order valence-electron chi connectivity index (χ0n) is 11.9. The maximum Gasteiger partial charge on any atom is 0.317 e. The van der Waals surface area contributed by atoms with Crippen molar-refractivity contribution >= 4 is 17.6 Å². The van der Waals surface area contributed by atoms with Gasteiger partial charge in [0.25, 0.3) is 0 Å². The SMILES string of the molecule is CCC(C)NC(=O)N1CCOC(c2ccccc2Cl)C1. The van der Waals surface area contributed by atoms with Crippen LogP contribution < -0.4 is 5.32 Å². The highest BCUT2D eigenvalue weighted by Gasteiger charge is 2.26. The van der Waals surface area contributed by atoms with Crippen molar-refractivity contribution in [2.45, 2.75) is 32.4 Å². The number of urea groups is 1. The Morgan fingerprint density at radius 2 is 2.30 bits per heavy atom. The van der Waals surface area contributed by atoms with Gasteiger partial charge in [-0.05, 0) is 19.4 Å². The molecular weight excluding hydrogens is 276 g/mol. The van der Waals surface area contributed by atoms with Crippen molar-refractivity contribution < 1.29 is 9.53 Å². The van der Waals surface area contributed by atoms with Crippen LogP contribution in [0.5, 0.6) is 0 Å². The van der Waals surface area contributed by atoms with Crippen molar-refractivity contribution in [3.8, 4) is 0 Å². The lowest BCUT2D eigenvalue weighted by Crippen LogP contribution is -2.49. The van der Waals surface area contributed by atoms with E-state index >= 15 is 0 Å². The molecule has 0 saturated carbocycles. The smallest absolute Gasteiger partial charge is 0.317 e. The van der Waals surface area contributed by atoms with Crippen LogP contribution in [-0.4, -0.2) is 36.7 Å². The van der Waals surface area contributed by atoms with Crippen LogP contribution in [0.25, 0.3) is 0 Å². The third-order valence-electron chi connectivity index (χ3n) is 3.59. The molecule has 0 radical (unpaired) electrons. The molecule has 2 atom stereocenters. The van der Waals surface area contributed by atoms with Gasteiger partial charge in [-0.15, -0.1) is 0 Å². The second-order valence-electron chi connectivity index (χ2n) is 5.09. The Morgan fingerprint density at radius 1 is 1.55 bits per heavy atom. The summed E-state index contributed by atoms with van der Waals surface area (Å²) < 4.78 is 5.75. The van der Waals surface area contributed by atoms with Crippen LogP contribution in [0.2, 0.25) is 5.02 Å². The monoisotopic (exact) mass is 296 g/mol. The molecule has 0 aliphatic carbocycles. The number of benzene rings is 1. The number of hydrogen-bond acceptors (Lipinski definition) is 2. The summed E-state index contributed by atoms with van der Waals surface area (Å²) in [5.74, 6) is 0. The van der Waals surface area contributed by atoms with E-state index in [0.29, 0.717) is 24.7 Å². The number of carbonyl (C=O) groups excluding carboxylic acids is 1. The molecule has 2 rings (SSSR count). The summed E-state index contributed by atoms with van der Waals surface area (Å²) in [5.41, 5.74) is 0.940. The normalized spacial score (nSPS) is 20.6. The van der Waals surface area contributed by atoms with Gasteiger partial charge in [-0.25, -0.2) is 4.79 Å². The lowest BCUT2D eigenvalue weighted by atomic mass is 10.1. The first-order valence-electron chi connectivity index (χ1n) is 7.03. The molecule has 2 unspecified atom stereocenters. The largest absolute Gasteiger partial charge is 0.370 e. The minimum Gasteiger partial charge on any atom is -0.370 e. The van der Waals surface area contributed by atoms with E-state index in [0.717, 1.165) is 12.0 Å². The average molecular weight is 297 g/mol. The van der Waals surface area contributed by atoms with Gasteiger partial charge in [0.15, 0.2) is 0 Å². The quantitative estimate of drug-likeness (QED) is 0.930. The highest BCUT2D eigenvalue weighted by molar-refractivity contribution is 6.31. The second kappa shape index (κ2) is 6.95. The summed E-state index contributed by atoms with van der Waals surface area (Å²) in [4.78, 5) is 14.0. The second-order valence-corrected chi connectivity index (χ2v) is 5.49. The summed E-state index contributed by atoms with van der Waals surface area (Å²) in [6.07, 6.45) is 0.768. The molecule has 1 aromatic carbocycles. The first-order valence-corrected chi connectivity index (χ1v) is 7.41. The van der Waals surface area contributed by atoms with Crippen molar-refractivity contribution in [3.05, 3.63) is 34.9 Å². The van der Waals surface area contributed by atoms with Crippen LogP contribution in [0.4, 0.5) is 4.79 Å². The van der Waals surface area contributed by atoms with Crippen LogP contribution in [0, 0.1) is 0 Å². The molecule has 1 N–H and O–H groups in total. The highest BCUT2D eigenvalue weighted by Crippen LogP contribution is 2.28. The van der Waals surface area contributed by atoms with Crippen LogP contribution in [0.3, 0.4) is 0 Å². The maximum atomic E-state index is 12.2. The molecule has 0 bridgehead atoms. The number of rotatable bonds is 3. The predicted molar refractivity (Wildman–Crippen MR) is 80.0 cm³/mol. The fourth-order valence-electron chi connectivity index (χ4n) is 2.16. The van der Waals surface area contributed by atoms with Gasteiger partial charge in [-0.3, -0.25) is 0 Å². The third kappa shape index (κ3) is 3.64. The van der Waals surface area contributed by atoms with E-state index in [4.69, 9.17) is 16.3 Å². The Morgan fingerprint density at radius 3 is 3.00 bits per heavy atom. The first kappa shape index (κ1) is 15.1. The number of ether oxygens (including phenoxy) is 1. The molecule has 1 aliphatic heterocycles. The average Bonchev–Trinajstić information content (AvgIpc) is 2.47. The van der Waals surface area contributed by atoms with E-state index in [9.17, 15) is 4.79 Å². The van der Waals surface area contributed by atoms with Crippen molar-refractivity contribution in [2.75, 3.05) is 19.7 Å². The van der Waals surface area contributed by atoms with E-state index in [2.05, 4.69) is 12.2 Å².